The van der Waals surface area contributed by atoms with Crippen molar-refractivity contribution in [1.82, 2.24) is 23.7 Å². The molecule has 3 heterocycles. The third kappa shape index (κ3) is 4.76. The van der Waals surface area contributed by atoms with Gasteiger partial charge in [0.2, 0.25) is 5.95 Å². The molecule has 0 atom stereocenters. The first kappa shape index (κ1) is 25.5. The predicted molar refractivity (Wildman–Crippen MR) is 152 cm³/mol. The molecule has 6 aromatic rings. The highest BCUT2D eigenvalue weighted by molar-refractivity contribution is 7.90. The van der Waals surface area contributed by atoms with Crippen molar-refractivity contribution in [3.05, 3.63) is 114 Å². The highest BCUT2D eigenvalue weighted by Crippen LogP contribution is 2.36. The Morgan fingerprint density at radius 1 is 0.975 bits per heavy atom. The molecule has 6 rings (SSSR count). The molecule has 9 nitrogen and oxygen atoms in total. The molecule has 0 amide bonds. The zero-order chi connectivity index (χ0) is 27.9. The summed E-state index contributed by atoms with van der Waals surface area (Å²) in [5.74, 6) is -0.190. The number of anilines is 3. The number of rotatable bonds is 7. The highest BCUT2D eigenvalue weighted by atomic mass is 35.5. The van der Waals surface area contributed by atoms with E-state index in [0.717, 1.165) is 0 Å². The lowest BCUT2D eigenvalue weighted by molar-refractivity contribution is 0.586. The van der Waals surface area contributed by atoms with Crippen LogP contribution in [0.15, 0.2) is 102 Å². The molecule has 12 heteroatoms. The van der Waals surface area contributed by atoms with Crippen LogP contribution in [-0.2, 0) is 16.6 Å². The third-order valence-corrected chi connectivity index (χ3v) is 8.24. The van der Waals surface area contributed by atoms with E-state index in [1.54, 1.807) is 71.7 Å². The molecule has 40 heavy (non-hydrogen) atoms. The minimum Gasteiger partial charge on any atom is -0.399 e. The molecular formula is C28H21ClFN7O2S. The molecule has 0 bridgehead atoms. The fourth-order valence-electron chi connectivity index (χ4n) is 4.37. The van der Waals surface area contributed by atoms with Gasteiger partial charge in [0, 0.05) is 34.6 Å². The van der Waals surface area contributed by atoms with E-state index in [1.165, 1.54) is 22.4 Å². The average Bonchev–Trinajstić information content (AvgIpc) is 3.56. The molecule has 0 aliphatic heterocycles. The molecule has 0 saturated carbocycles. The normalized spacial score (nSPS) is 11.7. The molecule has 0 aliphatic carbocycles. The Kier molecular flexibility index (Phi) is 6.45. The van der Waals surface area contributed by atoms with Crippen LogP contribution in [0.5, 0.6) is 0 Å². The maximum atomic E-state index is 14.2. The maximum absolute atomic E-state index is 14.2. The Morgan fingerprint density at radius 3 is 2.55 bits per heavy atom. The van der Waals surface area contributed by atoms with Crippen molar-refractivity contribution in [2.75, 3.05) is 11.1 Å². The second kappa shape index (κ2) is 10.1. The summed E-state index contributed by atoms with van der Waals surface area (Å²) >= 11 is 6.52. The Labute approximate surface area is 233 Å². The second-order valence-electron chi connectivity index (χ2n) is 8.97. The highest BCUT2D eigenvalue weighted by Gasteiger charge is 2.23. The summed E-state index contributed by atoms with van der Waals surface area (Å²) in [6.07, 6.45) is 6.21. The van der Waals surface area contributed by atoms with Crippen molar-refractivity contribution >= 4 is 49.9 Å². The van der Waals surface area contributed by atoms with Crippen LogP contribution in [0.25, 0.3) is 22.2 Å². The number of hydrogen-bond donors (Lipinski definition) is 2. The van der Waals surface area contributed by atoms with Gasteiger partial charge in [0.1, 0.15) is 5.82 Å². The van der Waals surface area contributed by atoms with E-state index < -0.39 is 15.8 Å². The van der Waals surface area contributed by atoms with Crippen molar-refractivity contribution in [2.24, 2.45) is 0 Å². The van der Waals surface area contributed by atoms with Gasteiger partial charge in [0.15, 0.2) is 0 Å². The second-order valence-corrected chi connectivity index (χ2v) is 11.2. The first-order chi connectivity index (χ1) is 19.3. The Balaban J connectivity index is 1.34. The van der Waals surface area contributed by atoms with Gasteiger partial charge in [-0.2, -0.15) is 5.10 Å². The number of nitrogens with two attached hydrogens (primary N) is 1. The molecule has 0 saturated heterocycles. The molecule has 3 N–H and O–H groups in total. The largest absolute Gasteiger partial charge is 0.399 e. The molecule has 200 valence electrons. The van der Waals surface area contributed by atoms with Crippen LogP contribution in [0.1, 0.15) is 5.56 Å². The van der Waals surface area contributed by atoms with Gasteiger partial charge >= 0.3 is 0 Å². The van der Waals surface area contributed by atoms with E-state index in [-0.39, 0.29) is 22.4 Å². The minimum absolute atomic E-state index is 0.161. The molecule has 0 radical (unpaired) electrons. The summed E-state index contributed by atoms with van der Waals surface area (Å²) in [6.45, 7) is 0.204. The summed E-state index contributed by atoms with van der Waals surface area (Å²) in [6, 6.07) is 19.8. The van der Waals surface area contributed by atoms with Crippen molar-refractivity contribution in [3.8, 4) is 11.3 Å². The first-order valence-corrected chi connectivity index (χ1v) is 13.9. The average molecular weight is 574 g/mol. The van der Waals surface area contributed by atoms with E-state index in [4.69, 9.17) is 17.3 Å². The van der Waals surface area contributed by atoms with Crippen molar-refractivity contribution < 1.29 is 12.8 Å². The van der Waals surface area contributed by atoms with Gasteiger partial charge < -0.3 is 11.1 Å². The lowest BCUT2D eigenvalue weighted by atomic mass is 10.1. The molecule has 3 aromatic carbocycles. The van der Waals surface area contributed by atoms with Crippen molar-refractivity contribution in [3.63, 3.8) is 0 Å². The van der Waals surface area contributed by atoms with Gasteiger partial charge in [-0.25, -0.2) is 26.7 Å². The zero-order valence-corrected chi connectivity index (χ0v) is 22.3. The minimum atomic E-state index is -3.88. The smallest absolute Gasteiger partial charge is 0.268 e. The Hall–Kier alpha value is -4.74. The van der Waals surface area contributed by atoms with Crippen LogP contribution in [0.4, 0.5) is 21.7 Å². The number of nitrogen functional groups attached to an aromatic ring is 1. The van der Waals surface area contributed by atoms with Crippen molar-refractivity contribution in [1.29, 1.82) is 0 Å². The Morgan fingerprint density at radius 2 is 1.75 bits per heavy atom. The van der Waals surface area contributed by atoms with E-state index in [0.29, 0.717) is 39.1 Å². The summed E-state index contributed by atoms with van der Waals surface area (Å²) in [7, 11) is -3.88. The summed E-state index contributed by atoms with van der Waals surface area (Å²) < 4.78 is 44.0. The van der Waals surface area contributed by atoms with Crippen LogP contribution in [-0.4, -0.2) is 32.1 Å². The van der Waals surface area contributed by atoms with Crippen LogP contribution in [0.2, 0.25) is 5.02 Å². The Bertz CT molecular complexity index is 1970. The fraction of sp³-hybridized carbons (Fsp3) is 0.0357. The topological polar surface area (TPSA) is 121 Å². The number of benzene rings is 3. The van der Waals surface area contributed by atoms with Gasteiger partial charge in [0.25, 0.3) is 10.0 Å². The van der Waals surface area contributed by atoms with E-state index >= 15 is 0 Å². The van der Waals surface area contributed by atoms with Crippen molar-refractivity contribution in [2.45, 2.75) is 11.4 Å². The van der Waals surface area contributed by atoms with Gasteiger partial charge in [-0.15, -0.1) is 0 Å². The van der Waals surface area contributed by atoms with Gasteiger partial charge in [0.05, 0.1) is 45.8 Å². The quantitative estimate of drug-likeness (QED) is 0.235. The predicted octanol–water partition coefficient (Wildman–Crippen LogP) is 5.70. The van der Waals surface area contributed by atoms with E-state index in [1.807, 2.05) is 12.1 Å². The van der Waals surface area contributed by atoms with Crippen LogP contribution >= 0.6 is 11.6 Å². The third-order valence-electron chi connectivity index (χ3n) is 6.28. The number of nitrogens with one attached hydrogen (secondary N) is 1. The number of para-hydroxylation sites is 1. The lowest BCUT2D eigenvalue weighted by Gasteiger charge is -2.07. The van der Waals surface area contributed by atoms with Gasteiger partial charge in [-0.05, 0) is 30.3 Å². The molecule has 3 aromatic heterocycles. The maximum Gasteiger partial charge on any atom is 0.268 e. The first-order valence-electron chi connectivity index (χ1n) is 12.1. The number of fused-ring (bicyclic) bond motifs is 1. The number of aromatic nitrogens is 5. The fourth-order valence-corrected chi connectivity index (χ4v) is 5.95. The van der Waals surface area contributed by atoms with Gasteiger partial charge in [-0.3, -0.25) is 4.68 Å². The lowest BCUT2D eigenvalue weighted by Crippen LogP contribution is -2.11. The summed E-state index contributed by atoms with van der Waals surface area (Å²) in [5.41, 5.74) is 8.36. The molecule has 0 aliphatic rings. The number of halogens is 2. The summed E-state index contributed by atoms with van der Waals surface area (Å²) in [4.78, 5) is 9.03. The number of hydrogen-bond acceptors (Lipinski definition) is 7. The standard InChI is InChI=1S/C28H21ClFN7O2S/c29-24-14-32-28(34-20-13-33-36(16-20)15-18-10-11-19(31)12-25(18)30)35-27(24)23-17-37(26-9-5-4-8-22(23)26)40(38,39)21-6-2-1-3-7-21/h1-14,16-17H,15,31H2,(H,32,34,35). The monoisotopic (exact) mass is 573 g/mol. The molecular weight excluding hydrogens is 553 g/mol. The van der Waals surface area contributed by atoms with Gasteiger partial charge in [-0.1, -0.05) is 54.1 Å². The van der Waals surface area contributed by atoms with E-state index in [9.17, 15) is 12.8 Å². The molecule has 0 unspecified atom stereocenters. The zero-order valence-electron chi connectivity index (χ0n) is 20.7. The number of nitrogens with zero attached hydrogens (tertiary/aromatic N) is 5. The summed E-state index contributed by atoms with van der Waals surface area (Å²) in [5, 5.41) is 8.26. The molecule has 0 fully saturated rings. The SMILES string of the molecule is Nc1ccc(Cn2cc(Nc3ncc(Cl)c(-c4cn(S(=O)(=O)c5ccccc5)c5ccccc45)n3)cn2)c(F)c1. The van der Waals surface area contributed by atoms with Crippen LogP contribution in [0.3, 0.4) is 0 Å². The van der Waals surface area contributed by atoms with Crippen LogP contribution < -0.4 is 11.1 Å². The van der Waals surface area contributed by atoms with E-state index in [2.05, 4.69) is 20.4 Å². The van der Waals surface area contributed by atoms with Crippen LogP contribution in [0, 0.1) is 5.82 Å². The molecule has 0 spiro atoms.